The number of allylic oxidation sites excluding steroid dienone is 2. The summed E-state index contributed by atoms with van der Waals surface area (Å²) in [4.78, 5) is 0. The van der Waals surface area contributed by atoms with Crippen LogP contribution in [0.4, 0.5) is 0 Å². The van der Waals surface area contributed by atoms with Gasteiger partial charge < -0.3 is 4.12 Å². The Morgan fingerprint density at radius 2 is 1.93 bits per heavy atom. The summed E-state index contributed by atoms with van der Waals surface area (Å²) in [7, 11) is -0.833. The summed E-state index contributed by atoms with van der Waals surface area (Å²) >= 11 is 0. The van der Waals surface area contributed by atoms with Gasteiger partial charge in [0.1, 0.15) is 0 Å². The highest BCUT2D eigenvalue weighted by molar-refractivity contribution is 6.81. The largest absolute Gasteiger partial charge is 0.453 e. The van der Waals surface area contributed by atoms with E-state index in [1.165, 1.54) is 38.5 Å². The fraction of sp³-hybridized carbons (Fsp3) is 0.818. The topological polar surface area (TPSA) is 9.23 Å². The molecule has 0 saturated carbocycles. The van der Waals surface area contributed by atoms with Gasteiger partial charge in [-0.1, -0.05) is 24.1 Å². The van der Waals surface area contributed by atoms with Crippen LogP contribution in [0.15, 0.2) is 11.3 Å². The molecule has 0 aromatic rings. The van der Waals surface area contributed by atoms with Gasteiger partial charge in [0.05, 0.1) is 0 Å². The van der Waals surface area contributed by atoms with Crippen molar-refractivity contribution in [3.05, 3.63) is 11.3 Å². The Morgan fingerprint density at radius 3 is 2.64 bits per heavy atom. The molecule has 0 fully saturated rings. The Balaban J connectivity index is 2.61. The zero-order valence-corrected chi connectivity index (χ0v) is 11.7. The van der Waals surface area contributed by atoms with Gasteiger partial charge in [0, 0.05) is 0 Å². The average molecular weight is 226 g/mol. The first-order chi connectivity index (χ1) is 6.67. The predicted molar refractivity (Wildman–Crippen MR) is 66.0 cm³/mol. The number of hydrogen-bond acceptors (Lipinski definition) is 1. The highest BCUT2D eigenvalue weighted by atomic mass is 28.4. The van der Waals surface area contributed by atoms with Crippen molar-refractivity contribution >= 4 is 18.1 Å². The van der Waals surface area contributed by atoms with Crippen LogP contribution in [-0.2, 0) is 4.12 Å². The van der Waals surface area contributed by atoms with Crippen molar-refractivity contribution in [2.45, 2.75) is 58.2 Å². The molecule has 0 bridgehead atoms. The second-order valence-electron chi connectivity index (χ2n) is 4.50. The SMILES string of the molecule is C[Si]O[Si](C)(C)/C1=C/CCCCCC1. The molecular formula is C11H22OSi2. The van der Waals surface area contributed by atoms with E-state index in [1.807, 2.05) is 0 Å². The molecule has 0 unspecified atom stereocenters. The van der Waals surface area contributed by atoms with Gasteiger partial charge in [-0.15, -0.1) is 0 Å². The third-order valence-electron chi connectivity index (χ3n) is 2.92. The molecule has 0 atom stereocenters. The normalized spacial score (nSPS) is 23.5. The zero-order valence-electron chi connectivity index (χ0n) is 9.73. The molecule has 0 aliphatic heterocycles. The van der Waals surface area contributed by atoms with Crippen molar-refractivity contribution in [1.29, 1.82) is 0 Å². The summed E-state index contributed by atoms with van der Waals surface area (Å²) in [5.41, 5.74) is 0. The molecular weight excluding hydrogens is 204 g/mol. The van der Waals surface area contributed by atoms with Gasteiger partial charge in [-0.25, -0.2) is 0 Å². The Hall–Kier alpha value is 0.134. The molecule has 1 aliphatic rings. The van der Waals surface area contributed by atoms with Crippen LogP contribution in [0.1, 0.15) is 38.5 Å². The van der Waals surface area contributed by atoms with Crippen LogP contribution in [0.3, 0.4) is 0 Å². The summed E-state index contributed by atoms with van der Waals surface area (Å²) in [6.45, 7) is 6.83. The summed E-state index contributed by atoms with van der Waals surface area (Å²) in [6, 6.07) is 0. The van der Waals surface area contributed by atoms with Gasteiger partial charge in [0.2, 0.25) is 18.1 Å². The Bertz CT molecular complexity index is 199. The van der Waals surface area contributed by atoms with E-state index in [4.69, 9.17) is 4.12 Å². The summed E-state index contributed by atoms with van der Waals surface area (Å²) in [6.07, 6.45) is 10.6. The third-order valence-corrected chi connectivity index (χ3v) is 7.78. The molecule has 1 rings (SSSR count). The van der Waals surface area contributed by atoms with E-state index in [0.717, 1.165) is 0 Å². The molecule has 80 valence electrons. The van der Waals surface area contributed by atoms with Gasteiger partial charge in [-0.05, 0) is 45.3 Å². The molecule has 14 heavy (non-hydrogen) atoms. The molecule has 2 radical (unpaired) electrons. The molecule has 1 nitrogen and oxygen atoms in total. The summed E-state index contributed by atoms with van der Waals surface area (Å²) < 4.78 is 5.96. The minimum atomic E-state index is -1.48. The van der Waals surface area contributed by atoms with Crippen LogP contribution in [0, 0.1) is 0 Å². The average Bonchev–Trinajstić information content (AvgIpc) is 2.01. The van der Waals surface area contributed by atoms with Crippen molar-refractivity contribution in [3.8, 4) is 0 Å². The highest BCUT2D eigenvalue weighted by Gasteiger charge is 2.26. The lowest BCUT2D eigenvalue weighted by Crippen LogP contribution is -2.34. The smallest absolute Gasteiger partial charge is 0.211 e. The molecule has 1 aliphatic carbocycles. The molecule has 0 aromatic heterocycles. The molecule has 0 amide bonds. The molecule has 3 heteroatoms. The molecule has 0 N–H and O–H groups in total. The van der Waals surface area contributed by atoms with Crippen molar-refractivity contribution in [1.82, 2.24) is 0 Å². The minimum absolute atomic E-state index is 0.650. The first-order valence-corrected chi connectivity index (χ1v) is 10.0. The van der Waals surface area contributed by atoms with Gasteiger partial charge in [-0.3, -0.25) is 0 Å². The van der Waals surface area contributed by atoms with Crippen LogP contribution in [0.5, 0.6) is 0 Å². The fourth-order valence-electron chi connectivity index (χ4n) is 2.06. The van der Waals surface area contributed by atoms with E-state index in [9.17, 15) is 0 Å². The van der Waals surface area contributed by atoms with Crippen LogP contribution >= 0.6 is 0 Å². The first kappa shape index (κ1) is 12.2. The van der Waals surface area contributed by atoms with E-state index >= 15 is 0 Å². The minimum Gasteiger partial charge on any atom is -0.453 e. The molecule has 0 aromatic carbocycles. The maximum atomic E-state index is 5.96. The van der Waals surface area contributed by atoms with Gasteiger partial charge in [0.25, 0.3) is 0 Å². The van der Waals surface area contributed by atoms with E-state index in [0.29, 0.717) is 9.76 Å². The summed E-state index contributed by atoms with van der Waals surface area (Å²) in [5, 5.41) is 1.66. The summed E-state index contributed by atoms with van der Waals surface area (Å²) in [5.74, 6) is 0. The Labute approximate surface area is 92.0 Å². The lowest BCUT2D eigenvalue weighted by Gasteiger charge is -2.27. The first-order valence-electron chi connectivity index (χ1n) is 5.71. The second-order valence-corrected chi connectivity index (χ2v) is 9.39. The van der Waals surface area contributed by atoms with E-state index < -0.39 is 8.32 Å². The van der Waals surface area contributed by atoms with E-state index in [2.05, 4.69) is 25.7 Å². The molecule has 0 saturated heterocycles. The zero-order chi connectivity index (χ0) is 10.4. The lowest BCUT2D eigenvalue weighted by molar-refractivity contribution is 0.583. The van der Waals surface area contributed by atoms with Crippen LogP contribution < -0.4 is 0 Å². The quantitative estimate of drug-likeness (QED) is 0.667. The lowest BCUT2D eigenvalue weighted by atomic mass is 10.1. The Kier molecular flexibility index (Phi) is 5.13. The van der Waals surface area contributed by atoms with Crippen LogP contribution in [0.2, 0.25) is 19.6 Å². The highest BCUT2D eigenvalue weighted by Crippen LogP contribution is 2.25. The van der Waals surface area contributed by atoms with Gasteiger partial charge in [-0.2, -0.15) is 0 Å². The van der Waals surface area contributed by atoms with Crippen LogP contribution in [0.25, 0.3) is 0 Å². The van der Waals surface area contributed by atoms with E-state index in [1.54, 1.807) is 5.20 Å². The third kappa shape index (κ3) is 3.71. The maximum Gasteiger partial charge on any atom is 0.211 e. The fourth-order valence-corrected chi connectivity index (χ4v) is 6.04. The monoisotopic (exact) mass is 226 g/mol. The van der Waals surface area contributed by atoms with Crippen LogP contribution in [-0.4, -0.2) is 18.1 Å². The Morgan fingerprint density at radius 1 is 1.21 bits per heavy atom. The van der Waals surface area contributed by atoms with Crippen molar-refractivity contribution in [2.75, 3.05) is 0 Å². The standard InChI is InChI=1S/C11H22OSi2/c1-13-12-14(2,3)11-9-7-5-4-6-8-10-11/h9H,4-8,10H2,1-3H3/b11-9+. The van der Waals surface area contributed by atoms with Gasteiger partial charge >= 0.3 is 0 Å². The number of rotatable bonds is 3. The number of hydrogen-bond donors (Lipinski definition) is 0. The molecule has 0 heterocycles. The van der Waals surface area contributed by atoms with Crippen molar-refractivity contribution < 1.29 is 4.12 Å². The van der Waals surface area contributed by atoms with Crippen molar-refractivity contribution in [2.24, 2.45) is 0 Å². The van der Waals surface area contributed by atoms with E-state index in [-0.39, 0.29) is 0 Å². The predicted octanol–water partition coefficient (Wildman–Crippen LogP) is 3.70. The second kappa shape index (κ2) is 5.88. The molecule has 0 spiro atoms. The maximum absolute atomic E-state index is 5.96. The van der Waals surface area contributed by atoms with Gasteiger partial charge in [0.15, 0.2) is 0 Å². The van der Waals surface area contributed by atoms with Crippen molar-refractivity contribution in [3.63, 3.8) is 0 Å².